The van der Waals surface area contributed by atoms with E-state index in [-0.39, 0.29) is 18.2 Å². The van der Waals surface area contributed by atoms with Crippen LogP contribution in [-0.4, -0.2) is 70.1 Å². The van der Waals surface area contributed by atoms with Gasteiger partial charge in [0.2, 0.25) is 5.91 Å². The lowest BCUT2D eigenvalue weighted by atomic mass is 9.93. The molecule has 8 nitrogen and oxygen atoms in total. The van der Waals surface area contributed by atoms with Gasteiger partial charge in [0.1, 0.15) is 24.4 Å². The highest BCUT2D eigenvalue weighted by Gasteiger charge is 2.44. The van der Waals surface area contributed by atoms with E-state index in [4.69, 9.17) is 15.6 Å². The number of hydrogen-bond acceptors (Lipinski definition) is 7. The van der Waals surface area contributed by atoms with E-state index in [9.17, 15) is 20.1 Å². The van der Waals surface area contributed by atoms with Gasteiger partial charge in [-0.3, -0.25) is 4.79 Å². The van der Waals surface area contributed by atoms with Crippen LogP contribution in [0.5, 0.6) is 0 Å². The van der Waals surface area contributed by atoms with E-state index < -0.39 is 37.3 Å². The zero-order chi connectivity index (χ0) is 16.9. The molecule has 0 spiro atoms. The summed E-state index contributed by atoms with van der Waals surface area (Å²) in [5.41, 5.74) is 5.64. The molecule has 1 aliphatic heterocycles. The molecule has 7 N–H and O–H groups in total. The van der Waals surface area contributed by atoms with Crippen LogP contribution in [-0.2, 0) is 9.53 Å². The number of carbonyl (C=O) groups excluding carboxylic acids is 1. The Bertz CT molecular complexity index is 354. The molecule has 0 aliphatic carbocycles. The Morgan fingerprint density at radius 3 is 2.41 bits per heavy atom. The van der Waals surface area contributed by atoms with Crippen molar-refractivity contribution in [3.8, 4) is 0 Å². The summed E-state index contributed by atoms with van der Waals surface area (Å²) in [5, 5.41) is 41.0. The molecule has 0 bridgehead atoms. The molecular weight excluding hydrogens is 292 g/mol. The number of carbonyl (C=O) groups is 1. The second-order valence-electron chi connectivity index (χ2n) is 6.26. The first-order valence-corrected chi connectivity index (χ1v) is 7.60. The van der Waals surface area contributed by atoms with Crippen molar-refractivity contribution in [1.29, 1.82) is 0 Å². The third-order valence-electron chi connectivity index (χ3n) is 3.84. The van der Waals surface area contributed by atoms with Crippen molar-refractivity contribution in [2.24, 2.45) is 17.6 Å². The second-order valence-corrected chi connectivity index (χ2v) is 6.26. The number of amides is 1. The van der Waals surface area contributed by atoms with Crippen molar-refractivity contribution in [1.82, 2.24) is 5.32 Å². The first-order chi connectivity index (χ1) is 10.3. The van der Waals surface area contributed by atoms with Gasteiger partial charge in [0.15, 0.2) is 6.29 Å². The van der Waals surface area contributed by atoms with E-state index in [2.05, 4.69) is 5.32 Å². The predicted molar refractivity (Wildman–Crippen MR) is 78.5 cm³/mol. The lowest BCUT2D eigenvalue weighted by molar-refractivity contribution is -0.253. The summed E-state index contributed by atoms with van der Waals surface area (Å²) >= 11 is 0. The molecule has 1 aliphatic rings. The Balaban J connectivity index is 2.59. The summed E-state index contributed by atoms with van der Waals surface area (Å²) in [4.78, 5) is 12.0. The predicted octanol–water partition coefficient (Wildman–Crippen LogP) is -2.09. The zero-order valence-electron chi connectivity index (χ0n) is 13.1. The van der Waals surface area contributed by atoms with E-state index in [1.165, 1.54) is 0 Å². The fraction of sp³-hybridized carbons (Fsp3) is 0.929. The Labute approximate surface area is 130 Å². The smallest absolute Gasteiger partial charge is 0.220 e. The maximum atomic E-state index is 12.0. The van der Waals surface area contributed by atoms with E-state index in [0.29, 0.717) is 12.5 Å². The molecule has 1 amide bonds. The number of hydrogen-bond donors (Lipinski definition) is 6. The monoisotopic (exact) mass is 320 g/mol. The molecule has 22 heavy (non-hydrogen) atoms. The van der Waals surface area contributed by atoms with Crippen LogP contribution >= 0.6 is 0 Å². The van der Waals surface area contributed by atoms with Gasteiger partial charge in [0.05, 0.1) is 6.61 Å². The van der Waals surface area contributed by atoms with Crippen molar-refractivity contribution in [3.05, 3.63) is 0 Å². The third kappa shape index (κ3) is 5.15. The Morgan fingerprint density at radius 1 is 1.27 bits per heavy atom. The second kappa shape index (κ2) is 8.76. The molecule has 1 fully saturated rings. The molecule has 8 heteroatoms. The topological polar surface area (TPSA) is 145 Å². The van der Waals surface area contributed by atoms with Crippen molar-refractivity contribution < 1.29 is 30.0 Å². The minimum atomic E-state index is -1.50. The van der Waals surface area contributed by atoms with Crippen molar-refractivity contribution in [3.63, 3.8) is 0 Å². The van der Waals surface area contributed by atoms with Gasteiger partial charge in [0.25, 0.3) is 0 Å². The zero-order valence-corrected chi connectivity index (χ0v) is 13.1. The third-order valence-corrected chi connectivity index (χ3v) is 3.84. The van der Waals surface area contributed by atoms with Gasteiger partial charge >= 0.3 is 0 Å². The summed E-state index contributed by atoms with van der Waals surface area (Å²) in [5.74, 6) is 0.0361. The molecule has 0 radical (unpaired) electrons. The van der Waals surface area contributed by atoms with E-state index >= 15 is 0 Å². The highest BCUT2D eigenvalue weighted by Crippen LogP contribution is 2.20. The van der Waals surface area contributed by atoms with Crippen molar-refractivity contribution >= 4 is 5.91 Å². The van der Waals surface area contributed by atoms with Gasteiger partial charge in [0, 0.05) is 6.42 Å². The van der Waals surface area contributed by atoms with Crippen LogP contribution in [0.4, 0.5) is 0 Å². The summed E-state index contributed by atoms with van der Waals surface area (Å²) in [6.45, 7) is 3.90. The molecule has 0 aromatic rings. The van der Waals surface area contributed by atoms with Crippen LogP contribution < -0.4 is 11.1 Å². The maximum Gasteiger partial charge on any atom is 0.220 e. The minimum absolute atomic E-state index is 0.00825. The molecule has 0 aromatic carbocycles. The SMILES string of the molecule is CC(C)C[C@H](CN)CC(=O)N[C@@H]1[C@@H](O)[C@H](O)[C@@H](CO)O[C@@H]1O. The molecular formula is C14H28N2O6. The number of ether oxygens (including phenoxy) is 1. The lowest BCUT2D eigenvalue weighted by Gasteiger charge is -2.40. The lowest BCUT2D eigenvalue weighted by Crippen LogP contribution is -2.64. The minimum Gasteiger partial charge on any atom is -0.394 e. The Morgan fingerprint density at radius 2 is 1.91 bits per heavy atom. The van der Waals surface area contributed by atoms with Crippen LogP contribution in [0.2, 0.25) is 0 Å². The fourth-order valence-electron chi connectivity index (χ4n) is 2.69. The first-order valence-electron chi connectivity index (χ1n) is 7.60. The van der Waals surface area contributed by atoms with Crippen LogP contribution in [0, 0.1) is 11.8 Å². The highest BCUT2D eigenvalue weighted by molar-refractivity contribution is 5.76. The van der Waals surface area contributed by atoms with Gasteiger partial charge < -0.3 is 36.2 Å². The summed E-state index contributed by atoms with van der Waals surface area (Å²) in [7, 11) is 0. The molecule has 0 unspecified atom stereocenters. The summed E-state index contributed by atoms with van der Waals surface area (Å²) in [6, 6.07) is -1.15. The quantitative estimate of drug-likeness (QED) is 0.315. The molecule has 1 heterocycles. The van der Waals surface area contributed by atoms with Crippen molar-refractivity contribution in [2.75, 3.05) is 13.2 Å². The van der Waals surface area contributed by atoms with Gasteiger partial charge in [-0.05, 0) is 24.8 Å². The number of nitrogens with two attached hydrogens (primary N) is 1. The van der Waals surface area contributed by atoms with E-state index in [1.54, 1.807) is 0 Å². The van der Waals surface area contributed by atoms with Gasteiger partial charge in [-0.25, -0.2) is 0 Å². The molecule has 0 saturated carbocycles. The van der Waals surface area contributed by atoms with E-state index in [1.807, 2.05) is 13.8 Å². The summed E-state index contributed by atoms with van der Waals surface area (Å²) < 4.78 is 4.98. The number of nitrogens with one attached hydrogen (secondary N) is 1. The normalized spacial score (nSPS) is 33.7. The highest BCUT2D eigenvalue weighted by atomic mass is 16.6. The fourth-order valence-corrected chi connectivity index (χ4v) is 2.69. The average molecular weight is 320 g/mol. The Kier molecular flexibility index (Phi) is 7.67. The van der Waals surface area contributed by atoms with E-state index in [0.717, 1.165) is 6.42 Å². The number of aliphatic hydroxyl groups excluding tert-OH is 4. The molecule has 130 valence electrons. The standard InChI is InChI=1S/C14H28N2O6/c1-7(2)3-8(5-15)4-10(18)16-11-13(20)12(19)9(6-17)22-14(11)21/h7-9,11-14,17,19-21H,3-6,15H2,1-2H3,(H,16,18)/t8-,9+,11+,12+,13+,14-/m0/s1. The van der Waals surface area contributed by atoms with Crippen LogP contribution in [0.25, 0.3) is 0 Å². The van der Waals surface area contributed by atoms with Crippen LogP contribution in [0.15, 0.2) is 0 Å². The number of rotatable bonds is 7. The summed E-state index contributed by atoms with van der Waals surface area (Å²) in [6.07, 6.45) is -4.43. The maximum absolute atomic E-state index is 12.0. The van der Waals surface area contributed by atoms with Gasteiger partial charge in [-0.2, -0.15) is 0 Å². The molecule has 0 aromatic heterocycles. The van der Waals surface area contributed by atoms with Crippen molar-refractivity contribution in [2.45, 2.75) is 57.3 Å². The molecule has 6 atom stereocenters. The number of aliphatic hydroxyl groups is 4. The average Bonchev–Trinajstić information content (AvgIpc) is 2.46. The Hall–Kier alpha value is -0.770. The van der Waals surface area contributed by atoms with Gasteiger partial charge in [-0.15, -0.1) is 0 Å². The molecule has 1 saturated heterocycles. The largest absolute Gasteiger partial charge is 0.394 e. The van der Waals surface area contributed by atoms with Gasteiger partial charge in [-0.1, -0.05) is 13.8 Å². The molecule has 1 rings (SSSR count). The van der Waals surface area contributed by atoms with Crippen LogP contribution in [0.3, 0.4) is 0 Å². The van der Waals surface area contributed by atoms with Crippen LogP contribution in [0.1, 0.15) is 26.7 Å². The first kappa shape index (κ1) is 19.3.